The number of hydrogen-bond acceptors (Lipinski definition) is 3. The molecular weight excluding hydrogens is 232 g/mol. The van der Waals surface area contributed by atoms with Gasteiger partial charge in [0.25, 0.3) is 5.91 Å². The first-order valence-corrected chi connectivity index (χ1v) is 5.59. The predicted octanol–water partition coefficient (Wildman–Crippen LogP) is 1.50. The van der Waals surface area contributed by atoms with Gasteiger partial charge in [-0.25, -0.2) is 0 Å². The maximum absolute atomic E-state index is 12.1. The Morgan fingerprint density at radius 2 is 2.17 bits per heavy atom. The van der Waals surface area contributed by atoms with Gasteiger partial charge in [0.15, 0.2) is 0 Å². The topological polar surface area (TPSA) is 81.4 Å². The van der Waals surface area contributed by atoms with E-state index in [0.29, 0.717) is 24.1 Å². The summed E-state index contributed by atoms with van der Waals surface area (Å²) in [5.41, 5.74) is 0.719. The van der Waals surface area contributed by atoms with Gasteiger partial charge in [-0.15, -0.1) is 0 Å². The predicted molar refractivity (Wildman–Crippen MR) is 65.0 cm³/mol. The SMILES string of the molecule is CCCN(CC(=O)O)C(=O)c1cccc(C#N)c1. The van der Waals surface area contributed by atoms with Crippen molar-refractivity contribution in [2.45, 2.75) is 13.3 Å². The third-order valence-electron chi connectivity index (χ3n) is 2.35. The first kappa shape index (κ1) is 13.7. The van der Waals surface area contributed by atoms with Gasteiger partial charge in [-0.05, 0) is 24.6 Å². The highest BCUT2D eigenvalue weighted by molar-refractivity contribution is 5.96. The molecule has 0 aliphatic rings. The minimum atomic E-state index is -1.05. The molecule has 0 spiro atoms. The standard InChI is InChI=1S/C13H14N2O3/c1-2-6-15(9-12(16)17)13(18)11-5-3-4-10(7-11)8-14/h3-5,7H,2,6,9H2,1H3,(H,16,17). The highest BCUT2D eigenvalue weighted by atomic mass is 16.4. The Hall–Kier alpha value is -2.35. The maximum Gasteiger partial charge on any atom is 0.323 e. The number of carbonyl (C=O) groups excluding carboxylic acids is 1. The fraction of sp³-hybridized carbons (Fsp3) is 0.308. The summed E-state index contributed by atoms with van der Waals surface area (Å²) in [6.45, 7) is 1.92. The summed E-state index contributed by atoms with van der Waals surface area (Å²) in [5.74, 6) is -1.41. The van der Waals surface area contributed by atoms with E-state index in [9.17, 15) is 9.59 Å². The second-order valence-electron chi connectivity index (χ2n) is 3.81. The Morgan fingerprint density at radius 1 is 1.44 bits per heavy atom. The van der Waals surface area contributed by atoms with Crippen molar-refractivity contribution in [3.05, 3.63) is 35.4 Å². The normalized spacial score (nSPS) is 9.56. The summed E-state index contributed by atoms with van der Waals surface area (Å²) >= 11 is 0. The van der Waals surface area contributed by atoms with Crippen LogP contribution in [-0.2, 0) is 4.79 Å². The summed E-state index contributed by atoms with van der Waals surface area (Å²) in [6, 6.07) is 8.19. The molecular formula is C13H14N2O3. The average Bonchev–Trinajstić information content (AvgIpc) is 2.37. The lowest BCUT2D eigenvalue weighted by Gasteiger charge is -2.19. The molecule has 1 aromatic carbocycles. The number of carbonyl (C=O) groups is 2. The zero-order chi connectivity index (χ0) is 13.5. The van der Waals surface area contributed by atoms with Crippen molar-refractivity contribution in [3.8, 4) is 6.07 Å². The van der Waals surface area contributed by atoms with Crippen LogP contribution in [-0.4, -0.2) is 35.0 Å². The van der Waals surface area contributed by atoms with Gasteiger partial charge in [0.05, 0.1) is 11.6 Å². The summed E-state index contributed by atoms with van der Waals surface area (Å²) in [4.78, 5) is 24.1. The average molecular weight is 246 g/mol. The molecule has 0 unspecified atom stereocenters. The lowest BCUT2D eigenvalue weighted by Crippen LogP contribution is -2.36. The molecule has 0 radical (unpaired) electrons. The van der Waals surface area contributed by atoms with Crippen molar-refractivity contribution in [1.82, 2.24) is 4.90 Å². The number of amides is 1. The van der Waals surface area contributed by atoms with Crippen LogP contribution in [0.1, 0.15) is 29.3 Å². The number of carboxylic acid groups (broad SMARTS) is 1. The molecule has 0 atom stereocenters. The second-order valence-corrected chi connectivity index (χ2v) is 3.81. The zero-order valence-electron chi connectivity index (χ0n) is 10.1. The fourth-order valence-electron chi connectivity index (χ4n) is 1.59. The molecule has 5 heteroatoms. The molecule has 0 saturated heterocycles. The largest absolute Gasteiger partial charge is 0.480 e. The fourth-order valence-corrected chi connectivity index (χ4v) is 1.59. The van der Waals surface area contributed by atoms with E-state index in [0.717, 1.165) is 0 Å². The number of aliphatic carboxylic acids is 1. The van der Waals surface area contributed by atoms with Crippen LogP contribution >= 0.6 is 0 Å². The van der Waals surface area contributed by atoms with Crippen molar-refractivity contribution >= 4 is 11.9 Å². The van der Waals surface area contributed by atoms with Crippen molar-refractivity contribution < 1.29 is 14.7 Å². The van der Waals surface area contributed by atoms with Crippen molar-refractivity contribution in [2.75, 3.05) is 13.1 Å². The Balaban J connectivity index is 2.94. The van der Waals surface area contributed by atoms with Crippen LogP contribution in [0, 0.1) is 11.3 Å². The molecule has 18 heavy (non-hydrogen) atoms. The lowest BCUT2D eigenvalue weighted by atomic mass is 10.1. The molecule has 0 saturated carbocycles. The van der Waals surface area contributed by atoms with Crippen molar-refractivity contribution in [2.24, 2.45) is 0 Å². The number of carboxylic acids is 1. The van der Waals surface area contributed by atoms with Gasteiger partial charge in [0.2, 0.25) is 0 Å². The molecule has 94 valence electrons. The van der Waals surface area contributed by atoms with E-state index in [1.807, 2.05) is 13.0 Å². The summed E-state index contributed by atoms with van der Waals surface area (Å²) in [5, 5.41) is 17.5. The van der Waals surface area contributed by atoms with E-state index in [1.54, 1.807) is 18.2 Å². The van der Waals surface area contributed by atoms with Crippen LogP contribution in [0.3, 0.4) is 0 Å². The van der Waals surface area contributed by atoms with E-state index in [4.69, 9.17) is 10.4 Å². The van der Waals surface area contributed by atoms with E-state index < -0.39 is 5.97 Å². The third kappa shape index (κ3) is 3.59. The number of rotatable bonds is 5. The Labute approximate surface area is 105 Å². The highest BCUT2D eigenvalue weighted by Crippen LogP contribution is 2.08. The first-order chi connectivity index (χ1) is 8.58. The van der Waals surface area contributed by atoms with Crippen LogP contribution in [0.25, 0.3) is 0 Å². The summed E-state index contributed by atoms with van der Waals surface area (Å²) < 4.78 is 0. The molecule has 0 aromatic heterocycles. The van der Waals surface area contributed by atoms with Crippen molar-refractivity contribution in [1.29, 1.82) is 5.26 Å². The minimum absolute atomic E-state index is 0.330. The van der Waals surface area contributed by atoms with Gasteiger partial charge in [0, 0.05) is 12.1 Å². The lowest BCUT2D eigenvalue weighted by molar-refractivity contribution is -0.137. The maximum atomic E-state index is 12.1. The Bertz CT molecular complexity index is 491. The zero-order valence-corrected chi connectivity index (χ0v) is 10.1. The van der Waals surface area contributed by atoms with Gasteiger partial charge >= 0.3 is 5.97 Å². The quantitative estimate of drug-likeness (QED) is 0.853. The van der Waals surface area contributed by atoms with Crippen LogP contribution in [0.15, 0.2) is 24.3 Å². The molecule has 1 aromatic rings. The van der Waals surface area contributed by atoms with E-state index in [-0.39, 0.29) is 12.5 Å². The second kappa shape index (κ2) is 6.40. The van der Waals surface area contributed by atoms with Gasteiger partial charge in [-0.1, -0.05) is 13.0 Å². The summed E-state index contributed by atoms with van der Waals surface area (Å²) in [7, 11) is 0. The van der Waals surface area contributed by atoms with E-state index >= 15 is 0 Å². The van der Waals surface area contributed by atoms with Crippen LogP contribution in [0.4, 0.5) is 0 Å². The van der Waals surface area contributed by atoms with Gasteiger partial charge in [0.1, 0.15) is 6.54 Å². The van der Waals surface area contributed by atoms with Crippen LogP contribution in [0.2, 0.25) is 0 Å². The molecule has 0 aliphatic carbocycles. The van der Waals surface area contributed by atoms with E-state index in [2.05, 4.69) is 0 Å². The molecule has 0 aliphatic heterocycles. The number of nitriles is 1. The van der Waals surface area contributed by atoms with E-state index in [1.165, 1.54) is 11.0 Å². The highest BCUT2D eigenvalue weighted by Gasteiger charge is 2.17. The molecule has 0 fully saturated rings. The minimum Gasteiger partial charge on any atom is -0.480 e. The Kier molecular flexibility index (Phi) is 4.88. The van der Waals surface area contributed by atoms with Gasteiger partial charge in [-0.3, -0.25) is 9.59 Å². The molecule has 5 nitrogen and oxygen atoms in total. The van der Waals surface area contributed by atoms with Gasteiger partial charge in [-0.2, -0.15) is 5.26 Å². The monoisotopic (exact) mass is 246 g/mol. The number of benzene rings is 1. The van der Waals surface area contributed by atoms with Crippen LogP contribution in [0.5, 0.6) is 0 Å². The molecule has 0 heterocycles. The number of hydrogen-bond donors (Lipinski definition) is 1. The smallest absolute Gasteiger partial charge is 0.323 e. The molecule has 1 N–H and O–H groups in total. The molecule has 1 rings (SSSR count). The van der Waals surface area contributed by atoms with Crippen LogP contribution < -0.4 is 0 Å². The first-order valence-electron chi connectivity index (χ1n) is 5.59. The number of nitrogens with zero attached hydrogens (tertiary/aromatic N) is 2. The molecule has 1 amide bonds. The third-order valence-corrected chi connectivity index (χ3v) is 2.35. The van der Waals surface area contributed by atoms with Gasteiger partial charge < -0.3 is 10.0 Å². The summed E-state index contributed by atoms with van der Waals surface area (Å²) in [6.07, 6.45) is 0.678. The molecule has 0 bridgehead atoms. The van der Waals surface area contributed by atoms with Crippen molar-refractivity contribution in [3.63, 3.8) is 0 Å². The Morgan fingerprint density at radius 3 is 2.72 bits per heavy atom.